The van der Waals surface area contributed by atoms with Crippen molar-refractivity contribution in [2.24, 2.45) is 0 Å². The number of rotatable bonds is 5. The fraction of sp³-hybridized carbons (Fsp3) is 0.0500. The van der Waals surface area contributed by atoms with Crippen molar-refractivity contribution in [3.05, 3.63) is 88.4 Å². The van der Waals surface area contributed by atoms with Gasteiger partial charge in [-0.3, -0.25) is 4.79 Å². The molecule has 25 heavy (non-hydrogen) atoms. The van der Waals surface area contributed by atoms with Gasteiger partial charge in [-0.25, -0.2) is 0 Å². The van der Waals surface area contributed by atoms with E-state index in [1.54, 1.807) is 30.3 Å². The minimum absolute atomic E-state index is 0.164. The van der Waals surface area contributed by atoms with Crippen LogP contribution in [0.1, 0.15) is 5.56 Å². The molecule has 3 aromatic rings. The molecule has 0 saturated heterocycles. The molecule has 126 valence electrons. The second-order valence-electron chi connectivity index (χ2n) is 5.41. The Balaban J connectivity index is 1.75. The van der Waals surface area contributed by atoms with Gasteiger partial charge in [-0.05, 0) is 48.0 Å². The molecule has 0 spiro atoms. The summed E-state index contributed by atoms with van der Waals surface area (Å²) >= 11 is 11.9. The quantitative estimate of drug-likeness (QED) is 0.600. The van der Waals surface area contributed by atoms with Crippen molar-refractivity contribution >= 4 is 34.8 Å². The summed E-state index contributed by atoms with van der Waals surface area (Å²) in [6.07, 6.45) is 0.231. The summed E-state index contributed by atoms with van der Waals surface area (Å²) in [5.74, 6) is 1.04. The Morgan fingerprint density at radius 2 is 1.56 bits per heavy atom. The molecule has 3 rings (SSSR count). The number of halogens is 2. The summed E-state index contributed by atoms with van der Waals surface area (Å²) < 4.78 is 5.84. The molecule has 0 fully saturated rings. The lowest BCUT2D eigenvalue weighted by Crippen LogP contribution is -2.15. The molecule has 3 aromatic carbocycles. The fourth-order valence-electron chi connectivity index (χ4n) is 2.29. The van der Waals surface area contributed by atoms with Crippen LogP contribution in [0.5, 0.6) is 11.5 Å². The minimum Gasteiger partial charge on any atom is -0.455 e. The summed E-state index contributed by atoms with van der Waals surface area (Å²) in [5, 5.41) is 4.01. The predicted molar refractivity (Wildman–Crippen MR) is 102 cm³/mol. The van der Waals surface area contributed by atoms with Crippen LogP contribution in [0.4, 0.5) is 5.69 Å². The molecule has 0 aromatic heterocycles. The topological polar surface area (TPSA) is 38.3 Å². The molecule has 0 aliphatic heterocycles. The highest BCUT2D eigenvalue weighted by Crippen LogP contribution is 2.32. The Hall–Kier alpha value is -2.49. The van der Waals surface area contributed by atoms with E-state index < -0.39 is 0 Å². The van der Waals surface area contributed by atoms with Gasteiger partial charge >= 0.3 is 0 Å². The van der Waals surface area contributed by atoms with Crippen LogP contribution >= 0.6 is 23.2 Å². The lowest BCUT2D eigenvalue weighted by Gasteiger charge is -2.13. The molecule has 0 radical (unpaired) electrons. The number of hydrogen-bond acceptors (Lipinski definition) is 2. The summed E-state index contributed by atoms with van der Waals surface area (Å²) in [6, 6.07) is 21.6. The first kappa shape index (κ1) is 17.3. The smallest absolute Gasteiger partial charge is 0.228 e. The van der Waals surface area contributed by atoms with Crippen LogP contribution in [0.25, 0.3) is 0 Å². The fourth-order valence-corrected chi connectivity index (χ4v) is 2.58. The van der Waals surface area contributed by atoms with Crippen LogP contribution in [0.2, 0.25) is 10.0 Å². The maximum atomic E-state index is 12.3. The average Bonchev–Trinajstić information content (AvgIpc) is 2.60. The summed E-state index contributed by atoms with van der Waals surface area (Å²) in [5.41, 5.74) is 1.39. The van der Waals surface area contributed by atoms with Gasteiger partial charge in [0.15, 0.2) is 5.75 Å². The van der Waals surface area contributed by atoms with E-state index in [0.29, 0.717) is 27.2 Å². The molecule has 3 nitrogen and oxygen atoms in total. The molecule has 0 aliphatic rings. The Kier molecular flexibility index (Phi) is 5.59. The van der Waals surface area contributed by atoms with Crippen molar-refractivity contribution in [2.45, 2.75) is 6.42 Å². The first-order valence-corrected chi connectivity index (χ1v) is 8.42. The predicted octanol–water partition coefficient (Wildman–Crippen LogP) is 5.97. The number of nitrogens with one attached hydrogen (secondary N) is 1. The number of carbonyl (C=O) groups excluding carboxylic acids is 1. The molecular weight excluding hydrogens is 357 g/mol. The van der Waals surface area contributed by atoms with Gasteiger partial charge < -0.3 is 10.1 Å². The Morgan fingerprint density at radius 3 is 2.28 bits per heavy atom. The standard InChI is InChI=1S/C20H15Cl2NO2/c21-15-8-6-14(7-9-15)12-20(24)23-18-13-16(22)10-11-19(18)25-17-4-2-1-3-5-17/h1-11,13H,12H2,(H,23,24). The second-order valence-corrected chi connectivity index (χ2v) is 6.28. The van der Waals surface area contributed by atoms with E-state index in [1.807, 2.05) is 42.5 Å². The highest BCUT2D eigenvalue weighted by molar-refractivity contribution is 6.31. The molecule has 0 heterocycles. The van der Waals surface area contributed by atoms with E-state index in [2.05, 4.69) is 5.32 Å². The zero-order valence-electron chi connectivity index (χ0n) is 13.2. The SMILES string of the molecule is O=C(Cc1ccc(Cl)cc1)Nc1cc(Cl)ccc1Oc1ccccc1. The summed E-state index contributed by atoms with van der Waals surface area (Å²) in [4.78, 5) is 12.3. The van der Waals surface area contributed by atoms with Gasteiger partial charge in [0.05, 0.1) is 12.1 Å². The van der Waals surface area contributed by atoms with Crippen molar-refractivity contribution in [3.8, 4) is 11.5 Å². The van der Waals surface area contributed by atoms with Crippen molar-refractivity contribution in [3.63, 3.8) is 0 Å². The van der Waals surface area contributed by atoms with Gasteiger partial charge in [-0.2, -0.15) is 0 Å². The van der Waals surface area contributed by atoms with Gasteiger partial charge in [-0.1, -0.05) is 53.5 Å². The van der Waals surface area contributed by atoms with Crippen LogP contribution < -0.4 is 10.1 Å². The minimum atomic E-state index is -0.164. The Morgan fingerprint density at radius 1 is 0.880 bits per heavy atom. The number of carbonyl (C=O) groups is 1. The van der Waals surface area contributed by atoms with Gasteiger partial charge in [0.1, 0.15) is 5.75 Å². The second kappa shape index (κ2) is 8.06. The van der Waals surface area contributed by atoms with Gasteiger partial charge in [0.2, 0.25) is 5.91 Å². The Bertz CT molecular complexity index is 865. The first-order valence-electron chi connectivity index (χ1n) is 7.67. The number of hydrogen-bond donors (Lipinski definition) is 1. The van der Waals surface area contributed by atoms with E-state index in [0.717, 1.165) is 5.56 Å². The molecule has 0 aliphatic carbocycles. The summed E-state index contributed by atoms with van der Waals surface area (Å²) in [6.45, 7) is 0. The summed E-state index contributed by atoms with van der Waals surface area (Å²) in [7, 11) is 0. The third kappa shape index (κ3) is 4.99. The van der Waals surface area contributed by atoms with Gasteiger partial charge in [0.25, 0.3) is 0 Å². The van der Waals surface area contributed by atoms with E-state index in [9.17, 15) is 4.79 Å². The maximum Gasteiger partial charge on any atom is 0.228 e. The van der Waals surface area contributed by atoms with E-state index >= 15 is 0 Å². The molecular formula is C20H15Cl2NO2. The molecule has 0 atom stereocenters. The van der Waals surface area contributed by atoms with Gasteiger partial charge in [0, 0.05) is 10.0 Å². The van der Waals surface area contributed by atoms with Crippen molar-refractivity contribution in [1.82, 2.24) is 0 Å². The van der Waals surface area contributed by atoms with Crippen LogP contribution in [-0.2, 0) is 11.2 Å². The van der Waals surface area contributed by atoms with Crippen LogP contribution in [0.3, 0.4) is 0 Å². The lowest BCUT2D eigenvalue weighted by atomic mass is 10.1. The number of anilines is 1. The largest absolute Gasteiger partial charge is 0.455 e. The normalized spacial score (nSPS) is 10.3. The van der Waals surface area contributed by atoms with Crippen LogP contribution in [0, 0.1) is 0 Å². The molecule has 1 amide bonds. The van der Waals surface area contributed by atoms with Crippen LogP contribution in [0.15, 0.2) is 72.8 Å². The zero-order chi connectivity index (χ0) is 17.6. The number of amides is 1. The maximum absolute atomic E-state index is 12.3. The van der Waals surface area contributed by atoms with Crippen molar-refractivity contribution in [2.75, 3.05) is 5.32 Å². The molecule has 5 heteroatoms. The van der Waals surface area contributed by atoms with Crippen molar-refractivity contribution in [1.29, 1.82) is 0 Å². The van der Waals surface area contributed by atoms with Gasteiger partial charge in [-0.15, -0.1) is 0 Å². The molecule has 0 bridgehead atoms. The molecule has 0 unspecified atom stereocenters. The monoisotopic (exact) mass is 371 g/mol. The molecule has 1 N–H and O–H groups in total. The number of para-hydroxylation sites is 1. The zero-order valence-corrected chi connectivity index (χ0v) is 14.7. The lowest BCUT2D eigenvalue weighted by molar-refractivity contribution is -0.115. The number of ether oxygens (including phenoxy) is 1. The third-order valence-corrected chi connectivity index (χ3v) is 3.95. The van der Waals surface area contributed by atoms with Crippen molar-refractivity contribution < 1.29 is 9.53 Å². The molecule has 0 saturated carbocycles. The number of benzene rings is 3. The van der Waals surface area contributed by atoms with E-state index in [4.69, 9.17) is 27.9 Å². The average molecular weight is 372 g/mol. The first-order chi connectivity index (χ1) is 12.1. The third-order valence-electron chi connectivity index (χ3n) is 3.46. The highest BCUT2D eigenvalue weighted by atomic mass is 35.5. The van der Waals surface area contributed by atoms with E-state index in [-0.39, 0.29) is 12.3 Å². The van der Waals surface area contributed by atoms with Crippen LogP contribution in [-0.4, -0.2) is 5.91 Å². The Labute approximate surface area is 156 Å². The highest BCUT2D eigenvalue weighted by Gasteiger charge is 2.11. The van der Waals surface area contributed by atoms with E-state index in [1.165, 1.54) is 0 Å².